The highest BCUT2D eigenvalue weighted by Crippen LogP contribution is 2.46. The van der Waals surface area contributed by atoms with E-state index in [2.05, 4.69) is 49.2 Å². The summed E-state index contributed by atoms with van der Waals surface area (Å²) in [4.78, 5) is 2.41. The molecule has 2 aromatic rings. The predicted molar refractivity (Wildman–Crippen MR) is 90.4 cm³/mol. The van der Waals surface area contributed by atoms with Gasteiger partial charge >= 0.3 is 0 Å². The molecule has 1 aliphatic carbocycles. The second kappa shape index (κ2) is 6.00. The summed E-state index contributed by atoms with van der Waals surface area (Å²) < 4.78 is 0. The smallest absolute Gasteiger partial charge is 0.0595 e. The van der Waals surface area contributed by atoms with Crippen molar-refractivity contribution in [2.24, 2.45) is 0 Å². The third kappa shape index (κ3) is 2.70. The van der Waals surface area contributed by atoms with Gasteiger partial charge in [-0.3, -0.25) is 4.90 Å². The molecule has 0 N–H and O–H groups in total. The highest BCUT2D eigenvalue weighted by Gasteiger charge is 2.33. The van der Waals surface area contributed by atoms with E-state index in [9.17, 15) is 0 Å². The molecule has 2 aromatic carbocycles. The molecule has 110 valence electrons. The van der Waals surface area contributed by atoms with Gasteiger partial charge in [-0.05, 0) is 48.8 Å². The lowest BCUT2D eigenvalue weighted by Gasteiger charge is -2.23. The number of fused-ring (bicyclic) bond motifs is 1. The Kier molecular flexibility index (Phi) is 4.26. The average Bonchev–Trinajstić information content (AvgIpc) is 2.89. The summed E-state index contributed by atoms with van der Waals surface area (Å²) in [7, 11) is 2.19. The summed E-state index contributed by atoms with van der Waals surface area (Å²) in [6.45, 7) is 3.25. The molecule has 0 saturated heterocycles. The van der Waals surface area contributed by atoms with Crippen LogP contribution in [0.2, 0.25) is 10.0 Å². The van der Waals surface area contributed by atoms with Crippen molar-refractivity contribution in [3.8, 4) is 0 Å². The van der Waals surface area contributed by atoms with Crippen LogP contribution in [-0.4, -0.2) is 18.5 Å². The largest absolute Gasteiger partial charge is 0.300 e. The molecule has 0 aromatic heterocycles. The van der Waals surface area contributed by atoms with Gasteiger partial charge in [-0.1, -0.05) is 60.5 Å². The van der Waals surface area contributed by atoms with E-state index < -0.39 is 0 Å². The molecule has 0 fully saturated rings. The maximum atomic E-state index is 6.20. The van der Waals surface area contributed by atoms with Gasteiger partial charge in [0.15, 0.2) is 0 Å². The van der Waals surface area contributed by atoms with Crippen LogP contribution in [0.5, 0.6) is 0 Å². The van der Waals surface area contributed by atoms with Crippen molar-refractivity contribution in [2.45, 2.75) is 25.3 Å². The van der Waals surface area contributed by atoms with Crippen molar-refractivity contribution < 1.29 is 0 Å². The fourth-order valence-electron chi connectivity index (χ4n) is 3.29. The Morgan fingerprint density at radius 1 is 1.05 bits per heavy atom. The molecule has 0 aliphatic heterocycles. The Balaban J connectivity index is 2.03. The monoisotopic (exact) mass is 319 g/mol. The van der Waals surface area contributed by atoms with Crippen LogP contribution in [0.25, 0.3) is 0 Å². The summed E-state index contributed by atoms with van der Waals surface area (Å²) in [6, 6.07) is 15.2. The minimum Gasteiger partial charge on any atom is -0.300 e. The standard InChI is InChI=1S/C18H19Cl2N/c1-3-21(2)18-11-15(13-6-4-5-7-14(13)18)12-8-9-16(19)17(20)10-12/h4-10,15,18H,3,11H2,1-2H3/t15-,18+/m1/s1. The number of hydrogen-bond acceptors (Lipinski definition) is 1. The van der Waals surface area contributed by atoms with Crippen LogP contribution in [0.1, 0.15) is 42.0 Å². The van der Waals surface area contributed by atoms with Gasteiger partial charge in [0.1, 0.15) is 0 Å². The molecule has 3 heteroatoms. The summed E-state index contributed by atoms with van der Waals surface area (Å²) in [5, 5.41) is 1.26. The molecule has 0 radical (unpaired) electrons. The van der Waals surface area contributed by atoms with E-state index >= 15 is 0 Å². The molecule has 21 heavy (non-hydrogen) atoms. The molecular formula is C18H19Cl2N. The van der Waals surface area contributed by atoms with Gasteiger partial charge in [-0.15, -0.1) is 0 Å². The molecule has 1 aliphatic rings. The van der Waals surface area contributed by atoms with Crippen molar-refractivity contribution >= 4 is 23.2 Å². The summed E-state index contributed by atoms with van der Waals surface area (Å²) >= 11 is 12.3. The molecule has 0 bridgehead atoms. The first kappa shape index (κ1) is 14.9. The Morgan fingerprint density at radius 3 is 2.43 bits per heavy atom. The SMILES string of the molecule is CCN(C)[C@H]1C[C@H](c2ccc(Cl)c(Cl)c2)c2ccccc21. The van der Waals surface area contributed by atoms with Crippen molar-refractivity contribution in [2.75, 3.05) is 13.6 Å². The van der Waals surface area contributed by atoms with E-state index in [1.807, 2.05) is 12.1 Å². The van der Waals surface area contributed by atoms with Crippen molar-refractivity contribution in [3.05, 3.63) is 69.2 Å². The molecule has 0 unspecified atom stereocenters. The van der Waals surface area contributed by atoms with Crippen molar-refractivity contribution in [1.82, 2.24) is 4.90 Å². The normalized spacial score (nSPS) is 20.8. The Hall–Kier alpha value is -1.02. The van der Waals surface area contributed by atoms with Crippen LogP contribution in [0.4, 0.5) is 0 Å². The summed E-state index contributed by atoms with van der Waals surface area (Å²) in [5.74, 6) is 0.398. The van der Waals surface area contributed by atoms with Crippen LogP contribution >= 0.6 is 23.2 Å². The van der Waals surface area contributed by atoms with E-state index in [1.165, 1.54) is 16.7 Å². The average molecular weight is 320 g/mol. The molecule has 0 saturated carbocycles. The van der Waals surface area contributed by atoms with Gasteiger partial charge in [0.05, 0.1) is 10.0 Å². The quantitative estimate of drug-likeness (QED) is 0.719. The Labute approximate surface area is 136 Å². The number of benzene rings is 2. The summed E-state index contributed by atoms with van der Waals surface area (Å²) in [6.07, 6.45) is 1.10. The summed E-state index contributed by atoms with van der Waals surface area (Å²) in [5.41, 5.74) is 4.11. The first-order valence-corrected chi connectivity index (χ1v) is 8.11. The van der Waals surface area contributed by atoms with E-state index in [4.69, 9.17) is 23.2 Å². The Bertz CT molecular complexity index is 653. The third-order valence-corrected chi connectivity index (χ3v) is 5.31. The lowest BCUT2D eigenvalue weighted by molar-refractivity contribution is 0.253. The topological polar surface area (TPSA) is 3.24 Å². The zero-order valence-corrected chi connectivity index (χ0v) is 13.8. The first-order chi connectivity index (χ1) is 10.1. The first-order valence-electron chi connectivity index (χ1n) is 7.35. The highest BCUT2D eigenvalue weighted by atomic mass is 35.5. The number of halogens is 2. The molecule has 2 atom stereocenters. The third-order valence-electron chi connectivity index (χ3n) is 4.57. The Morgan fingerprint density at radius 2 is 1.76 bits per heavy atom. The van der Waals surface area contributed by atoms with Gasteiger partial charge in [0.2, 0.25) is 0 Å². The number of nitrogens with zero attached hydrogens (tertiary/aromatic N) is 1. The van der Waals surface area contributed by atoms with Gasteiger partial charge < -0.3 is 0 Å². The van der Waals surface area contributed by atoms with Crippen LogP contribution in [-0.2, 0) is 0 Å². The van der Waals surface area contributed by atoms with Gasteiger partial charge in [0, 0.05) is 12.0 Å². The second-order valence-corrected chi connectivity index (χ2v) is 6.49. The predicted octanol–water partition coefficient (Wildman–Crippen LogP) is 5.52. The molecule has 3 rings (SSSR count). The van der Waals surface area contributed by atoms with Crippen LogP contribution in [0.15, 0.2) is 42.5 Å². The lowest BCUT2D eigenvalue weighted by atomic mass is 9.93. The number of rotatable bonds is 3. The van der Waals surface area contributed by atoms with Crippen LogP contribution < -0.4 is 0 Å². The maximum absolute atomic E-state index is 6.20. The highest BCUT2D eigenvalue weighted by molar-refractivity contribution is 6.42. The molecule has 1 nitrogen and oxygen atoms in total. The molecule has 0 amide bonds. The van der Waals surface area contributed by atoms with Crippen molar-refractivity contribution in [3.63, 3.8) is 0 Å². The second-order valence-electron chi connectivity index (χ2n) is 5.68. The molecule has 0 heterocycles. The van der Waals surface area contributed by atoms with E-state index in [1.54, 1.807) is 0 Å². The van der Waals surface area contributed by atoms with E-state index in [0.29, 0.717) is 22.0 Å². The maximum Gasteiger partial charge on any atom is 0.0595 e. The van der Waals surface area contributed by atoms with Crippen molar-refractivity contribution in [1.29, 1.82) is 0 Å². The number of hydrogen-bond donors (Lipinski definition) is 0. The van der Waals surface area contributed by atoms with Crippen LogP contribution in [0.3, 0.4) is 0 Å². The van der Waals surface area contributed by atoms with Gasteiger partial charge in [-0.25, -0.2) is 0 Å². The lowest BCUT2D eigenvalue weighted by Crippen LogP contribution is -2.22. The fraction of sp³-hybridized carbons (Fsp3) is 0.333. The zero-order valence-electron chi connectivity index (χ0n) is 12.3. The minimum atomic E-state index is 0.398. The van der Waals surface area contributed by atoms with Crippen LogP contribution in [0, 0.1) is 0 Å². The molecule has 0 spiro atoms. The van der Waals surface area contributed by atoms with E-state index in [0.717, 1.165) is 13.0 Å². The molecular weight excluding hydrogens is 301 g/mol. The van der Waals surface area contributed by atoms with Gasteiger partial charge in [0.25, 0.3) is 0 Å². The van der Waals surface area contributed by atoms with Gasteiger partial charge in [-0.2, -0.15) is 0 Å². The minimum absolute atomic E-state index is 0.398. The fourth-order valence-corrected chi connectivity index (χ4v) is 3.60. The zero-order chi connectivity index (χ0) is 15.0. The van der Waals surface area contributed by atoms with E-state index in [-0.39, 0.29) is 0 Å².